The first-order valence-electron chi connectivity index (χ1n) is 4.57. The van der Waals surface area contributed by atoms with Gasteiger partial charge in [-0.15, -0.1) is 0 Å². The van der Waals surface area contributed by atoms with Gasteiger partial charge in [0.2, 0.25) is 0 Å². The third-order valence-electron chi connectivity index (χ3n) is 2.39. The standard InChI is InChI=1S/C8H15F2N3O/c1-6-2-3-13(4-6)5-8(9,10)7(14)12-11/h6H,2-5,11H2,1H3,(H,12,14). The highest BCUT2D eigenvalue weighted by Gasteiger charge is 2.41. The lowest BCUT2D eigenvalue weighted by atomic mass is 10.2. The molecule has 1 rings (SSSR count). The van der Waals surface area contributed by atoms with Crippen molar-refractivity contribution in [1.29, 1.82) is 0 Å². The molecule has 0 saturated carbocycles. The second kappa shape index (κ2) is 4.18. The maximum Gasteiger partial charge on any atom is 0.338 e. The van der Waals surface area contributed by atoms with Crippen LogP contribution in [0.1, 0.15) is 13.3 Å². The number of nitrogens with zero attached hydrogens (tertiary/aromatic N) is 1. The smallest absolute Gasteiger partial charge is 0.297 e. The van der Waals surface area contributed by atoms with Crippen molar-refractivity contribution in [3.8, 4) is 0 Å². The summed E-state index contributed by atoms with van der Waals surface area (Å²) in [7, 11) is 0. The fourth-order valence-corrected chi connectivity index (χ4v) is 1.63. The third-order valence-corrected chi connectivity index (χ3v) is 2.39. The minimum atomic E-state index is -3.39. The first kappa shape index (κ1) is 11.3. The Bertz CT molecular complexity index is 223. The molecule has 0 aliphatic carbocycles. The van der Waals surface area contributed by atoms with E-state index in [-0.39, 0.29) is 0 Å². The summed E-state index contributed by atoms with van der Waals surface area (Å²) in [5.74, 6) is 0.275. The lowest BCUT2D eigenvalue weighted by Crippen LogP contribution is -2.49. The van der Waals surface area contributed by atoms with Crippen molar-refractivity contribution in [2.45, 2.75) is 19.3 Å². The molecule has 0 spiro atoms. The molecule has 1 heterocycles. The molecule has 1 amide bonds. The van der Waals surface area contributed by atoms with E-state index in [2.05, 4.69) is 5.84 Å². The summed E-state index contributed by atoms with van der Waals surface area (Å²) in [6, 6.07) is 0. The second-order valence-electron chi connectivity index (χ2n) is 3.81. The molecule has 1 aliphatic heterocycles. The van der Waals surface area contributed by atoms with Crippen LogP contribution in [0.5, 0.6) is 0 Å². The largest absolute Gasteiger partial charge is 0.338 e. The summed E-state index contributed by atoms with van der Waals surface area (Å²) >= 11 is 0. The molecule has 0 aromatic heterocycles. The number of rotatable bonds is 3. The van der Waals surface area contributed by atoms with Crippen molar-refractivity contribution in [3.63, 3.8) is 0 Å². The van der Waals surface area contributed by atoms with Gasteiger partial charge in [-0.1, -0.05) is 6.92 Å². The molecule has 82 valence electrons. The summed E-state index contributed by atoms with van der Waals surface area (Å²) < 4.78 is 26.1. The number of hydrazine groups is 1. The number of halogens is 2. The van der Waals surface area contributed by atoms with E-state index < -0.39 is 18.4 Å². The minimum Gasteiger partial charge on any atom is -0.297 e. The zero-order valence-electron chi connectivity index (χ0n) is 8.09. The Balaban J connectivity index is 2.46. The Morgan fingerprint density at radius 2 is 2.36 bits per heavy atom. The molecule has 14 heavy (non-hydrogen) atoms. The van der Waals surface area contributed by atoms with Crippen molar-refractivity contribution >= 4 is 5.91 Å². The van der Waals surface area contributed by atoms with Crippen LogP contribution in [0, 0.1) is 5.92 Å². The summed E-state index contributed by atoms with van der Waals surface area (Å²) in [6.07, 6.45) is 0.903. The predicted octanol–water partition coefficient (Wildman–Crippen LogP) is -0.0466. The molecule has 0 aromatic carbocycles. The van der Waals surface area contributed by atoms with Gasteiger partial charge in [0.1, 0.15) is 0 Å². The molecule has 3 N–H and O–H groups in total. The monoisotopic (exact) mass is 207 g/mol. The molecule has 0 radical (unpaired) electrons. The topological polar surface area (TPSA) is 58.4 Å². The van der Waals surface area contributed by atoms with Gasteiger partial charge in [-0.05, 0) is 18.9 Å². The van der Waals surface area contributed by atoms with E-state index in [0.717, 1.165) is 6.42 Å². The summed E-state index contributed by atoms with van der Waals surface area (Å²) in [5, 5.41) is 0. The Kier molecular flexibility index (Phi) is 3.38. The zero-order valence-corrected chi connectivity index (χ0v) is 8.09. The first-order chi connectivity index (χ1) is 6.45. The number of hydrogen-bond donors (Lipinski definition) is 2. The summed E-state index contributed by atoms with van der Waals surface area (Å²) in [4.78, 5) is 12.3. The van der Waals surface area contributed by atoms with Gasteiger partial charge in [0.15, 0.2) is 0 Å². The molecule has 0 bridgehead atoms. The van der Waals surface area contributed by atoms with Crippen molar-refractivity contribution in [2.75, 3.05) is 19.6 Å². The van der Waals surface area contributed by atoms with Crippen LogP contribution in [0.2, 0.25) is 0 Å². The molecule has 6 heteroatoms. The van der Waals surface area contributed by atoms with Crippen LogP contribution in [0.3, 0.4) is 0 Å². The molecule has 4 nitrogen and oxygen atoms in total. The van der Waals surface area contributed by atoms with Gasteiger partial charge < -0.3 is 0 Å². The van der Waals surface area contributed by atoms with Crippen LogP contribution >= 0.6 is 0 Å². The van der Waals surface area contributed by atoms with Gasteiger partial charge in [0.05, 0.1) is 6.54 Å². The van der Waals surface area contributed by atoms with E-state index in [0.29, 0.717) is 19.0 Å². The lowest BCUT2D eigenvalue weighted by Gasteiger charge is -2.21. The first-order valence-corrected chi connectivity index (χ1v) is 4.57. The van der Waals surface area contributed by atoms with E-state index in [4.69, 9.17) is 0 Å². The van der Waals surface area contributed by atoms with Crippen molar-refractivity contribution in [3.05, 3.63) is 0 Å². The Labute approximate surface area is 81.4 Å². The van der Waals surface area contributed by atoms with E-state index in [9.17, 15) is 13.6 Å². The zero-order chi connectivity index (χ0) is 10.8. The van der Waals surface area contributed by atoms with Gasteiger partial charge in [0.25, 0.3) is 0 Å². The van der Waals surface area contributed by atoms with Crippen LogP contribution < -0.4 is 11.3 Å². The summed E-state index contributed by atoms with van der Waals surface area (Å²) in [5.41, 5.74) is 1.47. The Hall–Kier alpha value is -0.750. The summed E-state index contributed by atoms with van der Waals surface area (Å²) in [6.45, 7) is 2.70. The quantitative estimate of drug-likeness (QED) is 0.387. The molecule has 1 saturated heterocycles. The fraction of sp³-hybridized carbons (Fsp3) is 0.875. The molecule has 0 aromatic rings. The number of carbonyl (C=O) groups is 1. The van der Waals surface area contributed by atoms with E-state index >= 15 is 0 Å². The predicted molar refractivity (Wildman–Crippen MR) is 47.5 cm³/mol. The lowest BCUT2D eigenvalue weighted by molar-refractivity contribution is -0.148. The highest BCUT2D eigenvalue weighted by Crippen LogP contribution is 2.21. The molecule has 1 aliphatic rings. The molecule has 1 unspecified atom stereocenters. The average Bonchev–Trinajstić information content (AvgIpc) is 2.48. The van der Waals surface area contributed by atoms with Crippen molar-refractivity contribution in [1.82, 2.24) is 10.3 Å². The number of nitrogens with one attached hydrogen (secondary N) is 1. The van der Waals surface area contributed by atoms with E-state index in [1.807, 2.05) is 6.92 Å². The van der Waals surface area contributed by atoms with Crippen LogP contribution in [0.15, 0.2) is 0 Å². The number of carbonyl (C=O) groups excluding carboxylic acids is 1. The number of hydrogen-bond acceptors (Lipinski definition) is 3. The van der Waals surface area contributed by atoms with Crippen molar-refractivity contribution in [2.24, 2.45) is 11.8 Å². The van der Waals surface area contributed by atoms with Gasteiger partial charge in [-0.3, -0.25) is 15.1 Å². The normalized spacial score (nSPS) is 23.9. The second-order valence-corrected chi connectivity index (χ2v) is 3.81. The molecule has 1 atom stereocenters. The molecular weight excluding hydrogens is 192 g/mol. The maximum absolute atomic E-state index is 13.1. The highest BCUT2D eigenvalue weighted by molar-refractivity contribution is 5.83. The van der Waals surface area contributed by atoms with Crippen LogP contribution in [-0.4, -0.2) is 36.4 Å². The van der Waals surface area contributed by atoms with Gasteiger partial charge in [-0.25, -0.2) is 5.84 Å². The van der Waals surface area contributed by atoms with Gasteiger partial charge in [0, 0.05) is 6.54 Å². The van der Waals surface area contributed by atoms with Crippen LogP contribution in [0.25, 0.3) is 0 Å². The Morgan fingerprint density at radius 3 is 2.79 bits per heavy atom. The fourth-order valence-electron chi connectivity index (χ4n) is 1.63. The Morgan fingerprint density at radius 1 is 1.71 bits per heavy atom. The van der Waals surface area contributed by atoms with E-state index in [1.165, 1.54) is 5.43 Å². The SMILES string of the molecule is CC1CCN(CC(F)(F)C(=O)NN)C1. The minimum absolute atomic E-state index is 0.423. The number of likely N-dealkylation sites (tertiary alicyclic amines) is 1. The molecule has 1 fully saturated rings. The highest BCUT2D eigenvalue weighted by atomic mass is 19.3. The number of nitrogens with two attached hydrogens (primary N) is 1. The third kappa shape index (κ3) is 2.62. The maximum atomic E-state index is 13.1. The van der Waals surface area contributed by atoms with E-state index in [1.54, 1.807) is 4.90 Å². The average molecular weight is 207 g/mol. The van der Waals surface area contributed by atoms with Crippen molar-refractivity contribution < 1.29 is 13.6 Å². The van der Waals surface area contributed by atoms with Crippen LogP contribution in [0.4, 0.5) is 8.78 Å². The van der Waals surface area contributed by atoms with Crippen LogP contribution in [-0.2, 0) is 4.79 Å². The van der Waals surface area contributed by atoms with Gasteiger partial charge in [-0.2, -0.15) is 8.78 Å². The number of amides is 1. The number of alkyl halides is 2. The molecular formula is C8H15F2N3O. The van der Waals surface area contributed by atoms with Gasteiger partial charge >= 0.3 is 11.8 Å².